The van der Waals surface area contributed by atoms with Gasteiger partial charge in [-0.3, -0.25) is 0 Å². The molecule has 1 rings (SSSR count). The number of anilines is 1. The second kappa shape index (κ2) is 6.03. The molecule has 0 unspecified atom stereocenters. The number of hydrogen-bond donors (Lipinski definition) is 2. The molecular formula is C12H20N2S. The van der Waals surface area contributed by atoms with Gasteiger partial charge in [0.05, 0.1) is 0 Å². The molecule has 0 aromatic heterocycles. The minimum atomic E-state index is 0.563. The van der Waals surface area contributed by atoms with E-state index in [2.05, 4.69) is 38.2 Å². The Bertz CT molecular complexity index is 310. The van der Waals surface area contributed by atoms with Crippen LogP contribution >= 0.6 is 11.8 Å². The molecule has 1 aromatic rings. The van der Waals surface area contributed by atoms with Crippen LogP contribution in [-0.4, -0.2) is 18.3 Å². The van der Waals surface area contributed by atoms with Gasteiger partial charge in [-0.05, 0) is 24.6 Å². The van der Waals surface area contributed by atoms with Gasteiger partial charge in [-0.25, -0.2) is 0 Å². The van der Waals surface area contributed by atoms with Gasteiger partial charge in [-0.2, -0.15) is 0 Å². The summed E-state index contributed by atoms with van der Waals surface area (Å²) in [6.07, 6.45) is 0. The average molecular weight is 224 g/mol. The van der Waals surface area contributed by atoms with Crippen molar-refractivity contribution in [2.24, 2.45) is 0 Å². The summed E-state index contributed by atoms with van der Waals surface area (Å²) in [5.74, 6) is 1.09. The van der Waals surface area contributed by atoms with Crippen molar-refractivity contribution in [3.05, 3.63) is 23.8 Å². The highest BCUT2D eigenvalue weighted by Crippen LogP contribution is 2.24. The lowest BCUT2D eigenvalue weighted by Crippen LogP contribution is -2.24. The lowest BCUT2D eigenvalue weighted by molar-refractivity contribution is 0.616. The van der Waals surface area contributed by atoms with Crippen LogP contribution in [0.1, 0.15) is 19.4 Å². The standard InChI is InChI=1S/C12H20N2S/c1-9(2)14-6-7-15-12-8-11(13)5-4-10(12)3/h4-5,8-9,14H,6-7,13H2,1-3H3. The van der Waals surface area contributed by atoms with E-state index in [9.17, 15) is 0 Å². The summed E-state index contributed by atoms with van der Waals surface area (Å²) in [6, 6.07) is 6.64. The first kappa shape index (κ1) is 12.4. The topological polar surface area (TPSA) is 38.0 Å². The maximum Gasteiger partial charge on any atom is 0.0325 e. The largest absolute Gasteiger partial charge is 0.399 e. The van der Waals surface area contributed by atoms with Crippen molar-refractivity contribution >= 4 is 17.4 Å². The molecule has 0 amide bonds. The zero-order valence-corrected chi connectivity index (χ0v) is 10.5. The van der Waals surface area contributed by atoms with Gasteiger partial charge < -0.3 is 11.1 Å². The van der Waals surface area contributed by atoms with E-state index in [-0.39, 0.29) is 0 Å². The van der Waals surface area contributed by atoms with Crippen molar-refractivity contribution in [2.45, 2.75) is 31.7 Å². The van der Waals surface area contributed by atoms with E-state index >= 15 is 0 Å². The molecule has 0 heterocycles. The van der Waals surface area contributed by atoms with Gasteiger partial charge in [0.25, 0.3) is 0 Å². The molecule has 84 valence electrons. The molecule has 0 spiro atoms. The monoisotopic (exact) mass is 224 g/mol. The van der Waals surface area contributed by atoms with Gasteiger partial charge in [0.15, 0.2) is 0 Å². The molecule has 3 heteroatoms. The number of aryl methyl sites for hydroxylation is 1. The Morgan fingerprint density at radius 2 is 2.13 bits per heavy atom. The smallest absolute Gasteiger partial charge is 0.0325 e. The molecule has 0 aliphatic heterocycles. The third kappa shape index (κ3) is 4.58. The fourth-order valence-corrected chi connectivity index (χ4v) is 2.24. The molecule has 0 aliphatic carbocycles. The summed E-state index contributed by atoms with van der Waals surface area (Å²) < 4.78 is 0. The Morgan fingerprint density at radius 1 is 1.40 bits per heavy atom. The molecule has 0 fully saturated rings. The summed E-state index contributed by atoms with van der Waals surface area (Å²) in [4.78, 5) is 1.29. The van der Waals surface area contributed by atoms with Crippen molar-refractivity contribution < 1.29 is 0 Å². The highest BCUT2D eigenvalue weighted by molar-refractivity contribution is 7.99. The molecule has 0 saturated heterocycles. The maximum atomic E-state index is 5.75. The Labute approximate surface area is 96.6 Å². The van der Waals surface area contributed by atoms with Crippen LogP contribution in [-0.2, 0) is 0 Å². The van der Waals surface area contributed by atoms with Crippen LogP contribution in [0.5, 0.6) is 0 Å². The van der Waals surface area contributed by atoms with E-state index < -0.39 is 0 Å². The highest BCUT2D eigenvalue weighted by atomic mass is 32.2. The van der Waals surface area contributed by atoms with Crippen LogP contribution in [0.25, 0.3) is 0 Å². The molecule has 0 saturated carbocycles. The first-order valence-electron chi connectivity index (χ1n) is 5.32. The summed E-state index contributed by atoms with van der Waals surface area (Å²) in [5.41, 5.74) is 7.90. The summed E-state index contributed by atoms with van der Waals surface area (Å²) in [7, 11) is 0. The Kier molecular flexibility index (Phi) is 4.99. The van der Waals surface area contributed by atoms with Gasteiger partial charge in [-0.1, -0.05) is 19.9 Å². The van der Waals surface area contributed by atoms with Crippen LogP contribution in [0.2, 0.25) is 0 Å². The quantitative estimate of drug-likeness (QED) is 0.459. The number of benzene rings is 1. The van der Waals surface area contributed by atoms with Crippen molar-refractivity contribution in [1.82, 2.24) is 5.32 Å². The Morgan fingerprint density at radius 3 is 2.80 bits per heavy atom. The first-order chi connectivity index (χ1) is 7.09. The second-order valence-corrected chi connectivity index (χ2v) is 5.12. The third-order valence-corrected chi connectivity index (χ3v) is 3.28. The molecule has 0 radical (unpaired) electrons. The Hall–Kier alpha value is -0.670. The molecule has 1 aromatic carbocycles. The fourth-order valence-electron chi connectivity index (χ4n) is 1.28. The highest BCUT2D eigenvalue weighted by Gasteiger charge is 2.00. The number of hydrogen-bond acceptors (Lipinski definition) is 3. The molecule has 2 nitrogen and oxygen atoms in total. The predicted octanol–water partition coefficient (Wildman–Crippen LogP) is 2.67. The number of nitrogen functional groups attached to an aromatic ring is 1. The lowest BCUT2D eigenvalue weighted by atomic mass is 10.2. The maximum absolute atomic E-state index is 5.75. The minimum Gasteiger partial charge on any atom is -0.399 e. The minimum absolute atomic E-state index is 0.563. The van der Waals surface area contributed by atoms with E-state index in [1.54, 1.807) is 0 Å². The van der Waals surface area contributed by atoms with E-state index in [0.29, 0.717) is 6.04 Å². The van der Waals surface area contributed by atoms with Gasteiger partial charge in [0.2, 0.25) is 0 Å². The van der Waals surface area contributed by atoms with Crippen molar-refractivity contribution in [3.8, 4) is 0 Å². The van der Waals surface area contributed by atoms with Gasteiger partial charge >= 0.3 is 0 Å². The molecule has 0 bridgehead atoms. The first-order valence-corrected chi connectivity index (χ1v) is 6.30. The van der Waals surface area contributed by atoms with Crippen LogP contribution in [0, 0.1) is 6.92 Å². The lowest BCUT2D eigenvalue weighted by Gasteiger charge is -2.09. The average Bonchev–Trinajstić information content (AvgIpc) is 2.17. The molecular weight excluding hydrogens is 204 g/mol. The van der Waals surface area contributed by atoms with Crippen molar-refractivity contribution in [2.75, 3.05) is 18.0 Å². The number of thioether (sulfide) groups is 1. The van der Waals surface area contributed by atoms with Crippen LogP contribution in [0.3, 0.4) is 0 Å². The molecule has 0 atom stereocenters. The normalized spacial score (nSPS) is 10.9. The SMILES string of the molecule is Cc1ccc(N)cc1SCCNC(C)C. The van der Waals surface area contributed by atoms with Crippen LogP contribution < -0.4 is 11.1 Å². The molecule has 15 heavy (non-hydrogen) atoms. The van der Waals surface area contributed by atoms with E-state index in [0.717, 1.165) is 18.0 Å². The van der Waals surface area contributed by atoms with Gasteiger partial charge in [0, 0.05) is 28.9 Å². The van der Waals surface area contributed by atoms with Crippen molar-refractivity contribution in [1.29, 1.82) is 0 Å². The predicted molar refractivity (Wildman–Crippen MR) is 69.5 cm³/mol. The molecule has 3 N–H and O–H groups in total. The number of nitrogens with two attached hydrogens (primary N) is 1. The van der Waals surface area contributed by atoms with E-state index in [1.165, 1.54) is 10.5 Å². The third-order valence-electron chi connectivity index (χ3n) is 2.12. The van der Waals surface area contributed by atoms with Gasteiger partial charge in [0.1, 0.15) is 0 Å². The zero-order valence-electron chi connectivity index (χ0n) is 9.71. The molecule has 0 aliphatic rings. The summed E-state index contributed by atoms with van der Waals surface area (Å²) in [5, 5.41) is 3.40. The second-order valence-electron chi connectivity index (χ2n) is 3.98. The number of rotatable bonds is 5. The number of nitrogens with one attached hydrogen (secondary N) is 1. The van der Waals surface area contributed by atoms with E-state index in [4.69, 9.17) is 5.73 Å². The van der Waals surface area contributed by atoms with Crippen molar-refractivity contribution in [3.63, 3.8) is 0 Å². The zero-order chi connectivity index (χ0) is 11.3. The summed E-state index contributed by atoms with van der Waals surface area (Å²) in [6.45, 7) is 7.49. The fraction of sp³-hybridized carbons (Fsp3) is 0.500. The van der Waals surface area contributed by atoms with E-state index in [1.807, 2.05) is 17.8 Å². The van der Waals surface area contributed by atoms with Crippen LogP contribution in [0.4, 0.5) is 5.69 Å². The summed E-state index contributed by atoms with van der Waals surface area (Å²) >= 11 is 1.86. The van der Waals surface area contributed by atoms with Crippen LogP contribution in [0.15, 0.2) is 23.1 Å². The Balaban J connectivity index is 2.40. The van der Waals surface area contributed by atoms with Gasteiger partial charge in [-0.15, -0.1) is 11.8 Å².